The van der Waals surface area contributed by atoms with Crippen molar-refractivity contribution >= 4 is 5.91 Å². The fraction of sp³-hybridized carbons (Fsp3) is 0.667. The highest BCUT2D eigenvalue weighted by molar-refractivity contribution is 5.77. The summed E-state index contributed by atoms with van der Waals surface area (Å²) >= 11 is 0. The minimum Gasteiger partial charge on any atom is -0.464 e. The molecule has 0 atom stereocenters. The van der Waals surface area contributed by atoms with E-state index >= 15 is 0 Å². The van der Waals surface area contributed by atoms with Gasteiger partial charge >= 0.3 is 0 Å². The second kappa shape index (κ2) is 5.97. The molecule has 0 unspecified atom stereocenters. The molecular formula is C15H24N2O3. The Bertz CT molecular complexity index is 463. The molecule has 1 amide bonds. The van der Waals surface area contributed by atoms with E-state index in [1.54, 1.807) is 4.90 Å². The van der Waals surface area contributed by atoms with Crippen molar-refractivity contribution in [3.8, 4) is 0 Å². The lowest BCUT2D eigenvalue weighted by molar-refractivity contribution is -0.148. The first kappa shape index (κ1) is 15.1. The monoisotopic (exact) mass is 280 g/mol. The van der Waals surface area contributed by atoms with Gasteiger partial charge in [0.15, 0.2) is 0 Å². The fourth-order valence-electron chi connectivity index (χ4n) is 2.19. The number of rotatable bonds is 6. The molecule has 2 heterocycles. The summed E-state index contributed by atoms with van der Waals surface area (Å²) in [5, 5.41) is 3.16. The highest BCUT2D eigenvalue weighted by Crippen LogP contribution is 2.17. The van der Waals surface area contributed by atoms with Gasteiger partial charge in [0.05, 0.1) is 12.1 Å². The van der Waals surface area contributed by atoms with Crippen molar-refractivity contribution in [3.05, 3.63) is 23.7 Å². The van der Waals surface area contributed by atoms with Crippen molar-refractivity contribution in [2.45, 2.75) is 45.9 Å². The summed E-state index contributed by atoms with van der Waals surface area (Å²) in [5.41, 5.74) is -0.195. The maximum Gasteiger partial charge on any atom is 0.249 e. The van der Waals surface area contributed by atoms with Crippen LogP contribution >= 0.6 is 0 Å². The molecule has 1 fully saturated rings. The van der Waals surface area contributed by atoms with Crippen molar-refractivity contribution in [3.63, 3.8) is 0 Å². The summed E-state index contributed by atoms with van der Waals surface area (Å²) in [7, 11) is 0. The van der Waals surface area contributed by atoms with Crippen LogP contribution in [-0.2, 0) is 16.1 Å². The van der Waals surface area contributed by atoms with E-state index < -0.39 is 0 Å². The average molecular weight is 280 g/mol. The van der Waals surface area contributed by atoms with Gasteiger partial charge in [-0.25, -0.2) is 0 Å². The van der Waals surface area contributed by atoms with Crippen LogP contribution in [0.2, 0.25) is 0 Å². The predicted octanol–water partition coefficient (Wildman–Crippen LogP) is 1.70. The van der Waals surface area contributed by atoms with Gasteiger partial charge in [-0.15, -0.1) is 0 Å². The van der Waals surface area contributed by atoms with E-state index in [1.165, 1.54) is 0 Å². The quantitative estimate of drug-likeness (QED) is 0.862. The van der Waals surface area contributed by atoms with Crippen LogP contribution in [0.4, 0.5) is 0 Å². The molecule has 1 aromatic rings. The van der Waals surface area contributed by atoms with Crippen molar-refractivity contribution in [1.29, 1.82) is 0 Å². The first-order valence-electron chi connectivity index (χ1n) is 7.09. The molecular weight excluding hydrogens is 256 g/mol. The van der Waals surface area contributed by atoms with Crippen molar-refractivity contribution < 1.29 is 13.9 Å². The molecule has 112 valence electrons. The number of carbonyl (C=O) groups is 1. The zero-order valence-corrected chi connectivity index (χ0v) is 12.7. The lowest BCUT2D eigenvalue weighted by Gasteiger charge is -2.39. The summed E-state index contributed by atoms with van der Waals surface area (Å²) in [6.45, 7) is 10.1. The zero-order chi connectivity index (χ0) is 14.8. The highest BCUT2D eigenvalue weighted by Gasteiger charge is 2.33. The topological polar surface area (TPSA) is 54.7 Å². The average Bonchev–Trinajstić information content (AvgIpc) is 2.76. The molecule has 0 radical (unpaired) electrons. The molecule has 5 nitrogen and oxygen atoms in total. The number of furan rings is 1. The molecule has 1 saturated heterocycles. The van der Waals surface area contributed by atoms with Crippen molar-refractivity contribution in [2.75, 3.05) is 19.7 Å². The minimum absolute atomic E-state index is 0.00202. The normalized spacial score (nSPS) is 17.1. The summed E-state index contributed by atoms with van der Waals surface area (Å²) in [5.74, 6) is 1.67. The van der Waals surface area contributed by atoms with Crippen molar-refractivity contribution in [1.82, 2.24) is 10.2 Å². The van der Waals surface area contributed by atoms with Gasteiger partial charge in [-0.2, -0.15) is 0 Å². The fourth-order valence-corrected chi connectivity index (χ4v) is 2.19. The summed E-state index contributed by atoms with van der Waals surface area (Å²) in [6.07, 6.45) is 0. The van der Waals surface area contributed by atoms with Crippen LogP contribution in [0.1, 0.15) is 32.3 Å². The van der Waals surface area contributed by atoms with E-state index in [4.69, 9.17) is 9.15 Å². The number of hydrogen-bond acceptors (Lipinski definition) is 4. The van der Waals surface area contributed by atoms with E-state index in [-0.39, 0.29) is 24.2 Å². The third-order valence-electron chi connectivity index (χ3n) is 3.61. The molecule has 20 heavy (non-hydrogen) atoms. The van der Waals surface area contributed by atoms with E-state index in [1.807, 2.05) is 39.8 Å². The van der Waals surface area contributed by atoms with Crippen LogP contribution in [0.15, 0.2) is 16.5 Å². The molecule has 0 saturated carbocycles. The van der Waals surface area contributed by atoms with Gasteiger partial charge < -0.3 is 19.4 Å². The molecule has 1 aromatic heterocycles. The largest absolute Gasteiger partial charge is 0.464 e. The second-order valence-corrected chi connectivity index (χ2v) is 5.97. The van der Waals surface area contributed by atoms with E-state index in [0.29, 0.717) is 6.54 Å². The third kappa shape index (κ3) is 3.61. The number of carbonyl (C=O) groups excluding carboxylic acids is 1. The van der Waals surface area contributed by atoms with Gasteiger partial charge in [-0.05, 0) is 39.8 Å². The SMILES string of the molecule is Cc1ccc(CN(C(=O)COC2(C)CNC2)C(C)C)o1. The number of nitrogens with zero attached hydrogens (tertiary/aromatic N) is 1. The van der Waals surface area contributed by atoms with Crippen LogP contribution < -0.4 is 5.32 Å². The number of aryl methyl sites for hydroxylation is 1. The van der Waals surface area contributed by atoms with Gasteiger partial charge in [0.2, 0.25) is 5.91 Å². The van der Waals surface area contributed by atoms with Gasteiger partial charge in [-0.1, -0.05) is 0 Å². The Labute approximate surface area is 120 Å². The molecule has 0 bridgehead atoms. The van der Waals surface area contributed by atoms with Crippen LogP contribution in [0.5, 0.6) is 0 Å². The number of amides is 1. The number of nitrogens with one attached hydrogen (secondary N) is 1. The van der Waals surface area contributed by atoms with Gasteiger partial charge in [0.25, 0.3) is 0 Å². The molecule has 0 spiro atoms. The lowest BCUT2D eigenvalue weighted by atomic mass is 10.0. The Morgan fingerprint density at radius 3 is 2.65 bits per heavy atom. The molecule has 1 aliphatic heterocycles. The Balaban J connectivity index is 1.91. The number of hydrogen-bond donors (Lipinski definition) is 1. The van der Waals surface area contributed by atoms with E-state index in [9.17, 15) is 4.79 Å². The van der Waals surface area contributed by atoms with Crippen LogP contribution in [0.3, 0.4) is 0 Å². The van der Waals surface area contributed by atoms with Gasteiger partial charge in [-0.3, -0.25) is 4.79 Å². The molecule has 1 N–H and O–H groups in total. The third-order valence-corrected chi connectivity index (χ3v) is 3.61. The Kier molecular flexibility index (Phi) is 4.50. The summed E-state index contributed by atoms with van der Waals surface area (Å²) < 4.78 is 11.3. The summed E-state index contributed by atoms with van der Waals surface area (Å²) in [4.78, 5) is 14.1. The first-order chi connectivity index (χ1) is 9.39. The molecule has 0 aromatic carbocycles. The molecule has 2 rings (SSSR count). The maximum absolute atomic E-state index is 12.3. The second-order valence-electron chi connectivity index (χ2n) is 5.97. The standard InChI is InChI=1S/C15H24N2O3/c1-11(2)17(7-13-6-5-12(3)20-13)14(18)8-19-15(4)9-16-10-15/h5-6,11,16H,7-10H2,1-4H3. The van der Waals surface area contributed by atoms with E-state index in [2.05, 4.69) is 5.32 Å². The predicted molar refractivity (Wildman–Crippen MR) is 76.4 cm³/mol. The van der Waals surface area contributed by atoms with Crippen LogP contribution in [0, 0.1) is 6.92 Å². The molecule has 0 aliphatic carbocycles. The Hall–Kier alpha value is -1.33. The smallest absolute Gasteiger partial charge is 0.249 e. The molecule has 5 heteroatoms. The highest BCUT2D eigenvalue weighted by atomic mass is 16.5. The summed E-state index contributed by atoms with van der Waals surface area (Å²) in [6, 6.07) is 3.94. The minimum atomic E-state index is -0.195. The lowest BCUT2D eigenvalue weighted by Crippen LogP contribution is -2.59. The van der Waals surface area contributed by atoms with Crippen molar-refractivity contribution in [2.24, 2.45) is 0 Å². The maximum atomic E-state index is 12.3. The van der Waals surface area contributed by atoms with Crippen LogP contribution in [0.25, 0.3) is 0 Å². The Morgan fingerprint density at radius 2 is 2.20 bits per heavy atom. The van der Waals surface area contributed by atoms with Gasteiger partial charge in [0, 0.05) is 19.1 Å². The first-order valence-corrected chi connectivity index (χ1v) is 7.09. The number of ether oxygens (including phenoxy) is 1. The molecule has 1 aliphatic rings. The van der Waals surface area contributed by atoms with Gasteiger partial charge in [0.1, 0.15) is 18.1 Å². The van der Waals surface area contributed by atoms with Crippen LogP contribution in [-0.4, -0.2) is 42.1 Å². The Morgan fingerprint density at radius 1 is 1.50 bits per heavy atom. The van der Waals surface area contributed by atoms with E-state index in [0.717, 1.165) is 24.6 Å². The zero-order valence-electron chi connectivity index (χ0n) is 12.7.